The van der Waals surface area contributed by atoms with E-state index in [0.29, 0.717) is 8.64 Å². The molecule has 0 aliphatic rings. The maximum atomic E-state index is 4.75. The first-order valence-corrected chi connectivity index (χ1v) is 5.27. The third kappa shape index (κ3) is 6.27. The average molecular weight is 324 g/mol. The Labute approximate surface area is 123 Å². The second-order valence-corrected chi connectivity index (χ2v) is 4.56. The van der Waals surface area contributed by atoms with Crippen LogP contribution in [0.1, 0.15) is 0 Å². The van der Waals surface area contributed by atoms with Crippen LogP contribution in [0.4, 0.5) is 11.4 Å². The van der Waals surface area contributed by atoms with Crippen molar-refractivity contribution in [3.63, 3.8) is 0 Å². The zero-order chi connectivity index (χ0) is 10.6. The van der Waals surface area contributed by atoms with E-state index >= 15 is 0 Å². The van der Waals surface area contributed by atoms with Crippen LogP contribution >= 0.6 is 24.4 Å². The van der Waals surface area contributed by atoms with Crippen molar-refractivity contribution in [3.8, 4) is 0 Å². The first kappa shape index (κ1) is 15.1. The average Bonchev–Trinajstić information content (AvgIpc) is 2.01. The Kier molecular flexibility index (Phi) is 7.39. The van der Waals surface area contributed by atoms with E-state index in [9.17, 15) is 0 Å². The van der Waals surface area contributed by atoms with Gasteiger partial charge in [0.1, 0.15) is 0 Å². The predicted octanol–water partition coefficient (Wildman–Crippen LogP) is 2.17. The fraction of sp³-hybridized carbons (Fsp3) is 0. The Balaban J connectivity index is 0.00000196. The van der Waals surface area contributed by atoms with Crippen molar-refractivity contribution in [1.29, 1.82) is 0 Å². The van der Waals surface area contributed by atoms with E-state index in [1.165, 1.54) is 0 Å². The Morgan fingerprint density at radius 2 is 1.40 bits per heavy atom. The van der Waals surface area contributed by atoms with E-state index in [2.05, 4.69) is 10.6 Å². The molecule has 0 spiro atoms. The number of anilines is 2. The number of rotatable bonds is 2. The molecule has 0 aliphatic heterocycles. The Bertz CT molecular complexity index is 338. The minimum atomic E-state index is 0. The second kappa shape index (κ2) is 7.36. The smallest absolute Gasteiger partial charge is 0.411 e. The first-order chi connectivity index (χ1) is 6.58. The molecule has 1 rings (SSSR count). The van der Waals surface area contributed by atoms with Crippen molar-refractivity contribution in [2.75, 3.05) is 10.6 Å². The van der Waals surface area contributed by atoms with Crippen LogP contribution in [0.25, 0.3) is 0 Å². The molecule has 0 heterocycles. The van der Waals surface area contributed by atoms with Gasteiger partial charge in [0.25, 0.3) is 0 Å². The molecule has 0 aromatic heterocycles. The molecule has 0 saturated carbocycles. The summed E-state index contributed by atoms with van der Waals surface area (Å²) in [7, 11) is 0. The molecule has 15 heavy (non-hydrogen) atoms. The van der Waals surface area contributed by atoms with Gasteiger partial charge in [-0.1, -0.05) is 14.7 Å². The molecule has 0 unspecified atom stereocenters. The third-order valence-electron chi connectivity index (χ3n) is 1.36. The van der Waals surface area contributed by atoms with E-state index in [1.54, 1.807) is 0 Å². The van der Waals surface area contributed by atoms with Gasteiger partial charge in [0.2, 0.25) is 0 Å². The van der Waals surface area contributed by atoms with Gasteiger partial charge >= 0.3 is 19.5 Å². The normalized spacial score (nSPS) is 8.53. The summed E-state index contributed by atoms with van der Waals surface area (Å²) in [5.74, 6) is 0. The molecule has 0 amide bonds. The molecular weight excluding hydrogens is 318 g/mol. The van der Waals surface area contributed by atoms with Gasteiger partial charge in [-0.3, -0.25) is 0 Å². The molecule has 0 saturated heterocycles. The van der Waals surface area contributed by atoms with Crippen LogP contribution in [0.3, 0.4) is 0 Å². The van der Waals surface area contributed by atoms with E-state index < -0.39 is 0 Å². The fourth-order valence-electron chi connectivity index (χ4n) is 0.910. The SMILES string of the molecule is S=C([S-])Nc1cccc(NC(=S)[S-])c1.[Zn+2]. The van der Waals surface area contributed by atoms with E-state index in [0.717, 1.165) is 11.4 Å². The summed E-state index contributed by atoms with van der Waals surface area (Å²) < 4.78 is 0.617. The van der Waals surface area contributed by atoms with Crippen LogP contribution in [0.5, 0.6) is 0 Å². The quantitative estimate of drug-likeness (QED) is 0.491. The molecule has 0 atom stereocenters. The minimum Gasteiger partial charge on any atom is -0.411 e. The van der Waals surface area contributed by atoms with Gasteiger partial charge in [0.05, 0.1) is 0 Å². The summed E-state index contributed by atoms with van der Waals surface area (Å²) in [6, 6.07) is 7.40. The van der Waals surface area contributed by atoms with E-state index in [1.807, 2.05) is 24.3 Å². The molecule has 7 heteroatoms. The van der Waals surface area contributed by atoms with Gasteiger partial charge in [-0.2, -0.15) is 0 Å². The number of thiocarbonyl (C=S) groups is 2. The number of benzene rings is 1. The monoisotopic (exact) mass is 322 g/mol. The third-order valence-corrected chi connectivity index (χ3v) is 1.76. The first-order valence-electron chi connectivity index (χ1n) is 3.64. The number of hydrogen-bond donors (Lipinski definition) is 2. The molecule has 2 nitrogen and oxygen atoms in total. The zero-order valence-corrected chi connectivity index (χ0v) is 13.9. The number of nitrogens with one attached hydrogen (secondary N) is 2. The van der Waals surface area contributed by atoms with Crippen molar-refractivity contribution in [2.24, 2.45) is 0 Å². The molecule has 0 radical (unpaired) electrons. The maximum Gasteiger partial charge on any atom is 2.00 e. The Morgan fingerprint density at radius 1 is 1.00 bits per heavy atom. The summed E-state index contributed by atoms with van der Waals surface area (Å²) >= 11 is 19.0. The van der Waals surface area contributed by atoms with Gasteiger partial charge in [-0.05, 0) is 18.2 Å². The zero-order valence-electron chi connectivity index (χ0n) is 7.65. The molecule has 1 aromatic carbocycles. The molecule has 2 N–H and O–H groups in total. The predicted molar refractivity (Wildman–Crippen MR) is 73.6 cm³/mol. The standard InChI is InChI=1S/C8H8N2S4.Zn/c11-7(12)9-5-2-1-3-6(4-5)10-8(13)14;/h1-4H,(H2,9,11,12)(H2,10,13,14);/q;+2/p-2. The summed E-state index contributed by atoms with van der Waals surface area (Å²) in [5.41, 5.74) is 1.64. The minimum absolute atomic E-state index is 0. The van der Waals surface area contributed by atoms with Crippen molar-refractivity contribution in [1.82, 2.24) is 0 Å². The van der Waals surface area contributed by atoms with Crippen LogP contribution in [0, 0.1) is 0 Å². The summed E-state index contributed by atoms with van der Waals surface area (Å²) in [5, 5.41) is 5.69. The van der Waals surface area contributed by atoms with Crippen molar-refractivity contribution in [3.05, 3.63) is 24.3 Å². The molecule has 0 fully saturated rings. The van der Waals surface area contributed by atoms with Crippen LogP contribution in [-0.2, 0) is 44.7 Å². The number of hydrogen-bond acceptors (Lipinski definition) is 4. The van der Waals surface area contributed by atoms with Gasteiger partial charge in [0.15, 0.2) is 0 Å². The van der Waals surface area contributed by atoms with Gasteiger partial charge < -0.3 is 60.3 Å². The molecular formula is C8H6N2S4Zn. The fourth-order valence-corrected chi connectivity index (χ4v) is 1.38. The van der Waals surface area contributed by atoms with E-state index in [4.69, 9.17) is 49.7 Å². The van der Waals surface area contributed by atoms with Crippen molar-refractivity contribution >= 4 is 69.7 Å². The van der Waals surface area contributed by atoms with E-state index in [-0.39, 0.29) is 19.5 Å². The molecule has 1 aromatic rings. The Morgan fingerprint density at radius 3 is 1.73 bits per heavy atom. The molecule has 0 aliphatic carbocycles. The summed E-state index contributed by atoms with van der Waals surface area (Å²) in [4.78, 5) is 0. The van der Waals surface area contributed by atoms with Crippen molar-refractivity contribution in [2.45, 2.75) is 0 Å². The van der Waals surface area contributed by atoms with Crippen LogP contribution in [0.2, 0.25) is 0 Å². The van der Waals surface area contributed by atoms with Crippen LogP contribution in [-0.4, -0.2) is 8.64 Å². The van der Waals surface area contributed by atoms with Crippen molar-refractivity contribution < 1.29 is 19.5 Å². The van der Waals surface area contributed by atoms with Gasteiger partial charge in [0, 0.05) is 11.4 Å². The molecule has 0 bridgehead atoms. The second-order valence-electron chi connectivity index (χ2n) is 2.41. The largest absolute Gasteiger partial charge is 2.00 e. The Hall–Kier alpha value is 0.0634. The topological polar surface area (TPSA) is 24.1 Å². The van der Waals surface area contributed by atoms with Crippen LogP contribution < -0.4 is 10.6 Å². The maximum absolute atomic E-state index is 4.75. The summed E-state index contributed by atoms with van der Waals surface area (Å²) in [6.07, 6.45) is 0. The van der Waals surface area contributed by atoms with Crippen LogP contribution in [0.15, 0.2) is 24.3 Å². The summed E-state index contributed by atoms with van der Waals surface area (Å²) in [6.45, 7) is 0. The van der Waals surface area contributed by atoms with Gasteiger partial charge in [-0.25, -0.2) is 0 Å². The van der Waals surface area contributed by atoms with Gasteiger partial charge in [-0.15, -0.1) is 0 Å². The molecule has 74 valence electrons.